The molecule has 2 aliphatic rings. The summed E-state index contributed by atoms with van der Waals surface area (Å²) < 4.78 is 15.2. The molecular formula is C20H21FN6O3. The Morgan fingerprint density at radius 1 is 1.47 bits per heavy atom. The summed E-state index contributed by atoms with van der Waals surface area (Å²) in [6.07, 6.45) is 0.486. The molecule has 1 aromatic heterocycles. The van der Waals surface area contributed by atoms with Gasteiger partial charge in [-0.05, 0) is 25.1 Å². The van der Waals surface area contributed by atoms with Crippen LogP contribution >= 0.6 is 0 Å². The van der Waals surface area contributed by atoms with Crippen molar-refractivity contribution in [2.75, 3.05) is 19.0 Å². The Balaban J connectivity index is 1.60. The molecule has 10 heteroatoms. The molecule has 2 aliphatic heterocycles. The van der Waals surface area contributed by atoms with Crippen LogP contribution in [-0.4, -0.2) is 62.4 Å². The van der Waals surface area contributed by atoms with E-state index < -0.39 is 11.8 Å². The zero-order chi connectivity index (χ0) is 21.6. The lowest BCUT2D eigenvalue weighted by molar-refractivity contribution is 0.0546. The number of rotatable bonds is 2. The summed E-state index contributed by atoms with van der Waals surface area (Å²) in [5, 5.41) is 16.8. The molecule has 0 saturated carbocycles. The largest absolute Gasteiger partial charge is 0.394 e. The summed E-state index contributed by atoms with van der Waals surface area (Å²) in [4.78, 5) is 31.9. The molecule has 0 unspecified atom stereocenters. The number of fused-ring (bicyclic) bond motifs is 3. The van der Waals surface area contributed by atoms with Crippen LogP contribution < -0.4 is 5.32 Å². The number of amides is 3. The molecule has 3 amide bonds. The zero-order valence-corrected chi connectivity index (χ0v) is 16.6. The lowest BCUT2D eigenvalue weighted by atomic mass is 9.98. The first-order valence-corrected chi connectivity index (χ1v) is 9.55. The first-order chi connectivity index (χ1) is 14.3. The highest BCUT2D eigenvalue weighted by Gasteiger charge is 2.38. The summed E-state index contributed by atoms with van der Waals surface area (Å²) in [6.45, 7) is 9.35. The van der Waals surface area contributed by atoms with Crippen LogP contribution in [0.4, 0.5) is 20.6 Å². The molecule has 0 saturated heterocycles. The fraction of sp³-hybridized carbons (Fsp3) is 0.400. The number of hydrogen-bond acceptors (Lipinski definition) is 4. The highest BCUT2D eigenvalue weighted by atomic mass is 19.1. The zero-order valence-electron chi connectivity index (χ0n) is 16.6. The van der Waals surface area contributed by atoms with E-state index in [1.165, 1.54) is 17.0 Å². The summed E-state index contributed by atoms with van der Waals surface area (Å²) >= 11 is 0. The Morgan fingerprint density at radius 2 is 2.23 bits per heavy atom. The van der Waals surface area contributed by atoms with E-state index in [2.05, 4.69) is 15.3 Å². The van der Waals surface area contributed by atoms with Crippen molar-refractivity contribution in [2.45, 2.75) is 38.5 Å². The van der Waals surface area contributed by atoms with Gasteiger partial charge in [0.15, 0.2) is 0 Å². The minimum atomic E-state index is -0.644. The maximum atomic E-state index is 13.5. The third-order valence-corrected chi connectivity index (χ3v) is 5.73. The van der Waals surface area contributed by atoms with E-state index in [9.17, 15) is 19.1 Å². The number of urea groups is 1. The van der Waals surface area contributed by atoms with Crippen LogP contribution in [-0.2, 0) is 19.5 Å². The molecule has 2 N–H and O–H groups in total. The van der Waals surface area contributed by atoms with Gasteiger partial charge < -0.3 is 20.2 Å². The number of halogens is 1. The van der Waals surface area contributed by atoms with Gasteiger partial charge in [0.1, 0.15) is 11.5 Å². The second kappa shape index (κ2) is 7.42. The predicted octanol–water partition coefficient (Wildman–Crippen LogP) is 2.00. The third kappa shape index (κ3) is 3.17. The average molecular weight is 412 g/mol. The Bertz CT molecular complexity index is 1080. The number of likely N-dealkylation sites (N-methyl/N-ethyl adjacent to an activating group) is 1. The first-order valence-electron chi connectivity index (χ1n) is 9.55. The average Bonchev–Trinajstić information content (AvgIpc) is 3.08. The van der Waals surface area contributed by atoms with E-state index in [1.807, 2.05) is 6.92 Å². The van der Waals surface area contributed by atoms with E-state index >= 15 is 0 Å². The molecule has 3 heterocycles. The molecule has 0 spiro atoms. The Morgan fingerprint density at radius 3 is 2.93 bits per heavy atom. The number of aliphatic hydroxyl groups is 1. The van der Waals surface area contributed by atoms with Crippen molar-refractivity contribution in [1.82, 2.24) is 19.6 Å². The van der Waals surface area contributed by atoms with Gasteiger partial charge in [0.2, 0.25) is 5.69 Å². The standard InChI is InChI=1S/C20H21FN6O3/c1-11-6-16-14(18-19(29)25(3)13(10-28)8-27(18)24-16)9-26(11)20(30)23-12-4-5-15(21)17(7-12)22-2/h4-5,7,11,13,28H,6,8-10H2,1,3H3,(H,23,30)/t11-,13+/m1/s1. The number of aliphatic hydroxyl groups excluding tert-OH is 1. The maximum absolute atomic E-state index is 13.5. The smallest absolute Gasteiger partial charge is 0.322 e. The van der Waals surface area contributed by atoms with Crippen molar-refractivity contribution in [3.05, 3.63) is 52.4 Å². The van der Waals surface area contributed by atoms with Crippen molar-refractivity contribution in [2.24, 2.45) is 0 Å². The summed E-state index contributed by atoms with van der Waals surface area (Å²) in [6, 6.07) is 2.92. The molecule has 4 rings (SSSR count). The molecule has 0 bridgehead atoms. The van der Waals surface area contributed by atoms with Crippen molar-refractivity contribution < 1.29 is 19.1 Å². The number of nitrogens with zero attached hydrogens (tertiary/aromatic N) is 5. The molecule has 156 valence electrons. The van der Waals surface area contributed by atoms with Crippen LogP contribution in [0.1, 0.15) is 28.7 Å². The van der Waals surface area contributed by atoms with Gasteiger partial charge in [-0.15, -0.1) is 0 Å². The third-order valence-electron chi connectivity index (χ3n) is 5.73. The van der Waals surface area contributed by atoms with Crippen LogP contribution in [0.25, 0.3) is 4.85 Å². The van der Waals surface area contributed by atoms with Gasteiger partial charge in [-0.3, -0.25) is 9.48 Å². The monoisotopic (exact) mass is 412 g/mol. The number of benzene rings is 1. The van der Waals surface area contributed by atoms with Gasteiger partial charge in [-0.2, -0.15) is 5.10 Å². The van der Waals surface area contributed by atoms with Crippen LogP contribution in [0, 0.1) is 12.4 Å². The van der Waals surface area contributed by atoms with Crippen LogP contribution in [0.15, 0.2) is 18.2 Å². The van der Waals surface area contributed by atoms with E-state index in [0.29, 0.717) is 29.9 Å². The molecule has 2 aromatic rings. The Hall–Kier alpha value is -3.45. The SMILES string of the molecule is [C-]#[N+]c1cc(NC(=O)N2Cc3c(nn4c3C(=O)N(C)[C@H](CO)C4)C[C@H]2C)ccc1F. The van der Waals surface area contributed by atoms with Gasteiger partial charge in [-0.25, -0.2) is 14.0 Å². The second-order valence-electron chi connectivity index (χ2n) is 7.60. The number of carbonyl (C=O) groups is 2. The Kier molecular flexibility index (Phi) is 4.91. The van der Waals surface area contributed by atoms with Gasteiger partial charge in [-0.1, -0.05) is 0 Å². The molecular weight excluding hydrogens is 391 g/mol. The Labute approximate surface area is 172 Å². The molecule has 0 radical (unpaired) electrons. The van der Waals surface area contributed by atoms with Gasteiger partial charge in [0, 0.05) is 30.8 Å². The van der Waals surface area contributed by atoms with Crippen molar-refractivity contribution >= 4 is 23.3 Å². The van der Waals surface area contributed by atoms with Gasteiger partial charge >= 0.3 is 6.03 Å². The molecule has 30 heavy (non-hydrogen) atoms. The summed E-state index contributed by atoms with van der Waals surface area (Å²) in [5.74, 6) is -0.876. The molecule has 0 aliphatic carbocycles. The fourth-order valence-corrected chi connectivity index (χ4v) is 3.95. The van der Waals surface area contributed by atoms with E-state index in [4.69, 9.17) is 6.57 Å². The van der Waals surface area contributed by atoms with E-state index in [0.717, 1.165) is 11.8 Å². The molecule has 2 atom stereocenters. The second-order valence-corrected chi connectivity index (χ2v) is 7.60. The molecule has 0 fully saturated rings. The molecule has 9 nitrogen and oxygen atoms in total. The summed E-state index contributed by atoms with van der Waals surface area (Å²) in [5.41, 5.74) is 2.08. The van der Waals surface area contributed by atoms with E-state index in [-0.39, 0.29) is 36.8 Å². The number of carbonyl (C=O) groups excluding carboxylic acids is 2. The van der Waals surface area contributed by atoms with E-state index in [1.54, 1.807) is 16.6 Å². The van der Waals surface area contributed by atoms with Crippen molar-refractivity contribution in [3.8, 4) is 0 Å². The lowest BCUT2D eigenvalue weighted by Gasteiger charge is -2.34. The number of hydrogen-bond donors (Lipinski definition) is 2. The van der Waals surface area contributed by atoms with Gasteiger partial charge in [0.05, 0.1) is 38.0 Å². The van der Waals surface area contributed by atoms with Gasteiger partial charge in [0.25, 0.3) is 5.91 Å². The van der Waals surface area contributed by atoms with Crippen molar-refractivity contribution in [1.29, 1.82) is 0 Å². The highest BCUT2D eigenvalue weighted by molar-refractivity contribution is 5.96. The maximum Gasteiger partial charge on any atom is 0.322 e. The highest BCUT2D eigenvalue weighted by Crippen LogP contribution is 2.30. The minimum Gasteiger partial charge on any atom is -0.394 e. The lowest BCUT2D eigenvalue weighted by Crippen LogP contribution is -2.48. The normalized spacial score (nSPS) is 20.4. The topological polar surface area (TPSA) is 95.1 Å². The number of nitrogens with one attached hydrogen (secondary N) is 1. The van der Waals surface area contributed by atoms with Crippen LogP contribution in [0.3, 0.4) is 0 Å². The predicted molar refractivity (Wildman–Crippen MR) is 106 cm³/mol. The summed E-state index contributed by atoms with van der Waals surface area (Å²) in [7, 11) is 1.64. The number of aromatic nitrogens is 2. The number of anilines is 1. The van der Waals surface area contributed by atoms with Crippen LogP contribution in [0.5, 0.6) is 0 Å². The fourth-order valence-electron chi connectivity index (χ4n) is 3.95. The van der Waals surface area contributed by atoms with Crippen molar-refractivity contribution in [3.63, 3.8) is 0 Å². The minimum absolute atomic E-state index is 0.151. The van der Waals surface area contributed by atoms with Crippen LogP contribution in [0.2, 0.25) is 0 Å². The molecule has 1 aromatic carbocycles. The quantitative estimate of drug-likeness (QED) is 0.738. The first kappa shape index (κ1) is 19.8.